The summed E-state index contributed by atoms with van der Waals surface area (Å²) in [6.45, 7) is 3.27. The molecule has 2 aromatic carbocycles. The van der Waals surface area contributed by atoms with E-state index in [0.29, 0.717) is 22.2 Å². The van der Waals surface area contributed by atoms with Crippen molar-refractivity contribution in [1.29, 1.82) is 0 Å². The van der Waals surface area contributed by atoms with E-state index in [1.165, 1.54) is 0 Å². The molecule has 26 heavy (non-hydrogen) atoms. The van der Waals surface area contributed by atoms with Crippen molar-refractivity contribution < 1.29 is 14.3 Å². The highest BCUT2D eigenvalue weighted by atomic mass is 35.5. The highest BCUT2D eigenvalue weighted by molar-refractivity contribution is 6.30. The number of benzene rings is 2. The topological polar surface area (TPSA) is 79.8 Å². The van der Waals surface area contributed by atoms with Gasteiger partial charge in [-0.25, -0.2) is 5.43 Å². The van der Waals surface area contributed by atoms with E-state index in [4.69, 9.17) is 16.3 Å². The van der Waals surface area contributed by atoms with Gasteiger partial charge in [0.25, 0.3) is 5.91 Å². The maximum Gasteiger partial charge on any atom is 0.280 e. The number of hydrogen-bond donors (Lipinski definition) is 2. The fourth-order valence-corrected chi connectivity index (χ4v) is 2.14. The number of hydrogen-bond acceptors (Lipinski definition) is 4. The number of hydrazone groups is 1. The molecular weight excluding hydrogens is 354 g/mol. The molecule has 2 amide bonds. The van der Waals surface area contributed by atoms with Crippen LogP contribution in [0.15, 0.2) is 59.7 Å². The predicted molar refractivity (Wildman–Crippen MR) is 102 cm³/mol. The van der Waals surface area contributed by atoms with Gasteiger partial charge < -0.3 is 10.1 Å². The van der Waals surface area contributed by atoms with E-state index < -0.39 is 12.0 Å². The summed E-state index contributed by atoms with van der Waals surface area (Å²) in [5.74, 6) is -0.0973. The molecule has 0 saturated carbocycles. The average Bonchev–Trinajstić information content (AvgIpc) is 2.62. The number of carbonyl (C=O) groups is 2. The lowest BCUT2D eigenvalue weighted by Gasteiger charge is -2.13. The van der Waals surface area contributed by atoms with Gasteiger partial charge in [-0.2, -0.15) is 5.10 Å². The van der Waals surface area contributed by atoms with Gasteiger partial charge >= 0.3 is 0 Å². The van der Waals surface area contributed by atoms with Gasteiger partial charge in [0, 0.05) is 16.4 Å². The highest BCUT2D eigenvalue weighted by Gasteiger charge is 2.14. The first kappa shape index (κ1) is 19.5. The summed E-state index contributed by atoms with van der Waals surface area (Å²) in [5, 5.41) is 7.28. The molecule has 0 spiro atoms. The lowest BCUT2D eigenvalue weighted by molar-refractivity contribution is -0.127. The van der Waals surface area contributed by atoms with E-state index in [2.05, 4.69) is 15.8 Å². The summed E-state index contributed by atoms with van der Waals surface area (Å²) in [6, 6.07) is 15.8. The number of para-hydroxylation sites is 1. The van der Waals surface area contributed by atoms with Crippen molar-refractivity contribution in [2.45, 2.75) is 26.4 Å². The zero-order valence-corrected chi connectivity index (χ0v) is 15.3. The molecule has 2 aromatic rings. The Bertz CT molecular complexity index is 776. The van der Waals surface area contributed by atoms with Crippen LogP contribution in [0, 0.1) is 0 Å². The van der Waals surface area contributed by atoms with Gasteiger partial charge in [0.1, 0.15) is 5.75 Å². The lowest BCUT2D eigenvalue weighted by Crippen LogP contribution is -2.34. The number of rotatable bonds is 7. The first-order valence-corrected chi connectivity index (χ1v) is 8.42. The van der Waals surface area contributed by atoms with Gasteiger partial charge in [-0.05, 0) is 50.2 Å². The zero-order chi connectivity index (χ0) is 18.9. The first-order chi connectivity index (χ1) is 12.4. The second-order valence-corrected chi connectivity index (χ2v) is 6.06. The van der Waals surface area contributed by atoms with E-state index in [-0.39, 0.29) is 12.3 Å². The second-order valence-electron chi connectivity index (χ2n) is 5.63. The minimum absolute atomic E-state index is 0.0710. The lowest BCUT2D eigenvalue weighted by atomic mass is 10.2. The van der Waals surface area contributed by atoms with E-state index >= 15 is 0 Å². The van der Waals surface area contributed by atoms with Crippen molar-refractivity contribution in [3.8, 4) is 5.75 Å². The molecule has 6 nitrogen and oxygen atoms in total. The zero-order valence-electron chi connectivity index (χ0n) is 14.5. The summed E-state index contributed by atoms with van der Waals surface area (Å²) in [7, 11) is 0. The largest absolute Gasteiger partial charge is 0.481 e. The molecule has 2 N–H and O–H groups in total. The molecule has 0 aliphatic heterocycles. The summed E-state index contributed by atoms with van der Waals surface area (Å²) >= 11 is 5.80. The number of anilines is 1. The molecule has 136 valence electrons. The van der Waals surface area contributed by atoms with Crippen LogP contribution in [0.2, 0.25) is 5.02 Å². The number of carbonyl (C=O) groups excluding carboxylic acids is 2. The molecule has 0 heterocycles. The fourth-order valence-electron chi connectivity index (χ4n) is 2.01. The molecular formula is C19H20ClN3O3. The van der Waals surface area contributed by atoms with E-state index in [1.807, 2.05) is 18.2 Å². The number of amides is 2. The van der Waals surface area contributed by atoms with Gasteiger partial charge in [-0.1, -0.05) is 29.8 Å². The van der Waals surface area contributed by atoms with Crippen LogP contribution < -0.4 is 15.5 Å². The highest BCUT2D eigenvalue weighted by Crippen LogP contribution is 2.16. The minimum atomic E-state index is -0.745. The third kappa shape index (κ3) is 6.57. The summed E-state index contributed by atoms with van der Waals surface area (Å²) < 4.78 is 5.50. The van der Waals surface area contributed by atoms with Crippen LogP contribution in [0.1, 0.15) is 20.3 Å². The van der Waals surface area contributed by atoms with Crippen LogP contribution in [0.5, 0.6) is 5.75 Å². The van der Waals surface area contributed by atoms with Crippen molar-refractivity contribution in [2.75, 3.05) is 5.32 Å². The Morgan fingerprint density at radius 3 is 2.42 bits per heavy atom. The summed E-state index contributed by atoms with van der Waals surface area (Å²) in [6.07, 6.45) is -0.674. The maximum absolute atomic E-state index is 12.0. The average molecular weight is 374 g/mol. The van der Waals surface area contributed by atoms with Crippen molar-refractivity contribution in [3.05, 3.63) is 59.6 Å². The Balaban J connectivity index is 1.80. The first-order valence-electron chi connectivity index (χ1n) is 8.04. The Morgan fingerprint density at radius 1 is 1.12 bits per heavy atom. The molecule has 0 unspecified atom stereocenters. The van der Waals surface area contributed by atoms with Gasteiger partial charge in [0.2, 0.25) is 5.91 Å². The Morgan fingerprint density at radius 2 is 1.77 bits per heavy atom. The molecule has 0 bridgehead atoms. The monoisotopic (exact) mass is 373 g/mol. The fraction of sp³-hybridized carbons (Fsp3) is 0.211. The molecule has 0 aromatic heterocycles. The molecule has 0 fully saturated rings. The predicted octanol–water partition coefficient (Wildman–Crippen LogP) is 3.63. The SMILES string of the molecule is C/C(CC(=O)Nc1ccccc1)=N/NC(=O)[C@H](C)Oc1ccc(Cl)cc1. The van der Waals surface area contributed by atoms with Crippen LogP contribution >= 0.6 is 11.6 Å². The van der Waals surface area contributed by atoms with Crippen LogP contribution in [0.4, 0.5) is 5.69 Å². The normalized spacial score (nSPS) is 12.2. The standard InChI is InChI=1S/C19H20ClN3O3/c1-13(12-18(24)21-16-6-4-3-5-7-16)22-23-19(25)14(2)26-17-10-8-15(20)9-11-17/h3-11,14H,12H2,1-2H3,(H,21,24)(H,23,25)/b22-13-/t14-/m0/s1. The summed E-state index contributed by atoms with van der Waals surface area (Å²) in [4.78, 5) is 24.0. The molecule has 0 saturated heterocycles. The third-order valence-electron chi connectivity index (χ3n) is 3.33. The summed E-state index contributed by atoms with van der Waals surface area (Å²) in [5.41, 5.74) is 3.59. The van der Waals surface area contributed by atoms with Gasteiger partial charge in [-0.15, -0.1) is 0 Å². The van der Waals surface area contributed by atoms with Crippen molar-refractivity contribution in [2.24, 2.45) is 5.10 Å². The van der Waals surface area contributed by atoms with Crippen molar-refractivity contribution in [3.63, 3.8) is 0 Å². The number of ether oxygens (including phenoxy) is 1. The van der Waals surface area contributed by atoms with E-state index in [9.17, 15) is 9.59 Å². The minimum Gasteiger partial charge on any atom is -0.481 e. The number of nitrogens with zero attached hydrogens (tertiary/aromatic N) is 1. The molecule has 7 heteroatoms. The van der Waals surface area contributed by atoms with Crippen LogP contribution in [-0.2, 0) is 9.59 Å². The number of halogens is 1. The molecule has 2 rings (SSSR count). The van der Waals surface area contributed by atoms with Gasteiger partial charge in [0.05, 0.1) is 6.42 Å². The second kappa shape index (κ2) is 9.58. The Hall–Kier alpha value is -2.86. The number of nitrogens with one attached hydrogen (secondary N) is 2. The van der Waals surface area contributed by atoms with Crippen molar-refractivity contribution >= 4 is 34.8 Å². The van der Waals surface area contributed by atoms with Crippen molar-refractivity contribution in [1.82, 2.24) is 5.43 Å². The van der Waals surface area contributed by atoms with E-state index in [1.54, 1.807) is 50.2 Å². The molecule has 0 radical (unpaired) electrons. The van der Waals surface area contributed by atoms with Gasteiger partial charge in [0.15, 0.2) is 6.10 Å². The maximum atomic E-state index is 12.0. The van der Waals surface area contributed by atoms with E-state index in [0.717, 1.165) is 0 Å². The van der Waals surface area contributed by atoms with Crippen LogP contribution in [0.3, 0.4) is 0 Å². The Labute approximate surface area is 157 Å². The van der Waals surface area contributed by atoms with Crippen LogP contribution in [0.25, 0.3) is 0 Å². The molecule has 0 aliphatic rings. The van der Waals surface area contributed by atoms with Gasteiger partial charge in [-0.3, -0.25) is 9.59 Å². The molecule has 0 aliphatic carbocycles. The molecule has 1 atom stereocenters. The smallest absolute Gasteiger partial charge is 0.280 e. The quantitative estimate of drug-likeness (QED) is 0.574. The van der Waals surface area contributed by atoms with Crippen LogP contribution in [-0.4, -0.2) is 23.6 Å². The Kier molecular flexibility index (Phi) is 7.17. The third-order valence-corrected chi connectivity index (χ3v) is 3.58.